The minimum absolute atomic E-state index is 0.0197. The zero-order chi connectivity index (χ0) is 6.85. The normalized spacial score (nSPS) is 45.0. The maximum absolute atomic E-state index is 9.35. The minimum Gasteiger partial charge on any atom is -0.393 e. The Bertz CT molecular complexity index is 80.6. The molecule has 0 aromatic carbocycles. The van der Waals surface area contributed by atoms with E-state index < -0.39 is 0 Å². The van der Waals surface area contributed by atoms with Crippen LogP contribution in [0.2, 0.25) is 0 Å². The van der Waals surface area contributed by atoms with E-state index in [2.05, 4.69) is 13.8 Å². The highest BCUT2D eigenvalue weighted by Crippen LogP contribution is 2.28. The van der Waals surface area contributed by atoms with E-state index >= 15 is 0 Å². The molecule has 1 aliphatic carbocycles. The fraction of sp³-hybridized carbons (Fsp3) is 1.00. The molecular formula is C8H16O. The van der Waals surface area contributed by atoms with Gasteiger partial charge in [0.1, 0.15) is 0 Å². The van der Waals surface area contributed by atoms with Gasteiger partial charge in [-0.15, -0.1) is 0 Å². The molecule has 1 N–H and O–H groups in total. The molecule has 9 heavy (non-hydrogen) atoms. The van der Waals surface area contributed by atoms with Crippen LogP contribution >= 0.6 is 0 Å². The third-order valence-corrected chi connectivity index (χ3v) is 2.66. The molecule has 1 rings (SSSR count). The van der Waals surface area contributed by atoms with Gasteiger partial charge in [-0.25, -0.2) is 0 Å². The second-order valence-corrected chi connectivity index (χ2v) is 3.33. The average Bonchev–Trinajstić information content (AvgIpc) is 1.83. The first-order chi connectivity index (χ1) is 4.22. The smallest absolute Gasteiger partial charge is 0.0568 e. The van der Waals surface area contributed by atoms with Crippen LogP contribution in [-0.4, -0.2) is 11.2 Å². The second kappa shape index (κ2) is 2.70. The van der Waals surface area contributed by atoms with Crippen LogP contribution in [0.4, 0.5) is 0 Å². The molecule has 1 fully saturated rings. The van der Waals surface area contributed by atoms with E-state index in [0.29, 0.717) is 5.92 Å². The summed E-state index contributed by atoms with van der Waals surface area (Å²) in [6.07, 6.45) is 3.52. The summed E-state index contributed by atoms with van der Waals surface area (Å²) in [6.45, 7) is 4.38. The Morgan fingerprint density at radius 2 is 1.89 bits per heavy atom. The predicted octanol–water partition coefficient (Wildman–Crippen LogP) is 1.80. The zero-order valence-electron chi connectivity index (χ0n) is 6.30. The summed E-state index contributed by atoms with van der Waals surface area (Å²) in [7, 11) is 0. The van der Waals surface area contributed by atoms with Crippen molar-refractivity contribution >= 4 is 0 Å². The maximum atomic E-state index is 9.35. The quantitative estimate of drug-likeness (QED) is 0.527. The molecule has 0 aliphatic heterocycles. The lowest BCUT2D eigenvalue weighted by molar-refractivity contribution is 0.0486. The van der Waals surface area contributed by atoms with Crippen LogP contribution in [0.1, 0.15) is 33.1 Å². The molecule has 3 atom stereocenters. The van der Waals surface area contributed by atoms with Crippen LogP contribution in [0.3, 0.4) is 0 Å². The van der Waals surface area contributed by atoms with Crippen LogP contribution in [0.25, 0.3) is 0 Å². The number of hydrogen-bond donors (Lipinski definition) is 1. The number of aliphatic hydroxyl groups is 1. The Morgan fingerprint density at radius 3 is 2.33 bits per heavy atom. The van der Waals surface area contributed by atoms with Crippen LogP contribution in [0.5, 0.6) is 0 Å². The molecule has 1 aliphatic rings. The van der Waals surface area contributed by atoms with Gasteiger partial charge >= 0.3 is 0 Å². The monoisotopic (exact) mass is 128 g/mol. The van der Waals surface area contributed by atoms with Gasteiger partial charge in [0, 0.05) is 0 Å². The minimum atomic E-state index is -0.0197. The molecule has 0 aromatic rings. The summed E-state index contributed by atoms with van der Waals surface area (Å²) in [5.41, 5.74) is 0. The predicted molar refractivity (Wildman–Crippen MR) is 38.2 cm³/mol. The first-order valence-electron chi connectivity index (χ1n) is 3.90. The summed E-state index contributed by atoms with van der Waals surface area (Å²) in [5.74, 6) is 1.26. The van der Waals surface area contributed by atoms with E-state index in [-0.39, 0.29) is 6.10 Å². The van der Waals surface area contributed by atoms with Crippen LogP contribution in [0, 0.1) is 11.8 Å². The lowest BCUT2D eigenvalue weighted by Crippen LogP contribution is -2.28. The van der Waals surface area contributed by atoms with Gasteiger partial charge in [-0.05, 0) is 18.3 Å². The van der Waals surface area contributed by atoms with Crippen molar-refractivity contribution < 1.29 is 5.11 Å². The average molecular weight is 128 g/mol. The van der Waals surface area contributed by atoms with Gasteiger partial charge < -0.3 is 5.11 Å². The van der Waals surface area contributed by atoms with Crippen molar-refractivity contribution in [2.24, 2.45) is 11.8 Å². The van der Waals surface area contributed by atoms with Gasteiger partial charge in [-0.2, -0.15) is 0 Å². The van der Waals surface area contributed by atoms with Crippen molar-refractivity contribution in [2.45, 2.75) is 39.2 Å². The molecule has 0 heterocycles. The third kappa shape index (κ3) is 1.45. The van der Waals surface area contributed by atoms with E-state index in [1.165, 1.54) is 12.8 Å². The second-order valence-electron chi connectivity index (χ2n) is 3.33. The van der Waals surface area contributed by atoms with Gasteiger partial charge in [-0.1, -0.05) is 26.7 Å². The fourth-order valence-electron chi connectivity index (χ4n) is 1.55. The number of hydrogen-bond acceptors (Lipinski definition) is 1. The molecule has 1 unspecified atom stereocenters. The highest BCUT2D eigenvalue weighted by Gasteiger charge is 2.24. The van der Waals surface area contributed by atoms with Gasteiger partial charge in [0.15, 0.2) is 0 Å². The van der Waals surface area contributed by atoms with Crippen molar-refractivity contribution in [3.8, 4) is 0 Å². The molecule has 1 heteroatoms. The number of rotatable bonds is 0. The van der Waals surface area contributed by atoms with Crippen LogP contribution in [0.15, 0.2) is 0 Å². The van der Waals surface area contributed by atoms with E-state index in [4.69, 9.17) is 0 Å². The van der Waals surface area contributed by atoms with Crippen LogP contribution < -0.4 is 0 Å². The van der Waals surface area contributed by atoms with E-state index in [9.17, 15) is 5.11 Å². The van der Waals surface area contributed by atoms with Gasteiger partial charge in [0.25, 0.3) is 0 Å². The zero-order valence-corrected chi connectivity index (χ0v) is 6.30. The molecule has 1 nitrogen and oxygen atoms in total. The summed E-state index contributed by atoms with van der Waals surface area (Å²) in [4.78, 5) is 0. The van der Waals surface area contributed by atoms with E-state index in [0.717, 1.165) is 12.3 Å². The van der Waals surface area contributed by atoms with Crippen molar-refractivity contribution in [3.63, 3.8) is 0 Å². The Labute approximate surface area is 57.1 Å². The van der Waals surface area contributed by atoms with Crippen molar-refractivity contribution in [3.05, 3.63) is 0 Å². The molecule has 0 bridgehead atoms. The maximum Gasteiger partial charge on any atom is 0.0568 e. The first-order valence-corrected chi connectivity index (χ1v) is 3.90. The molecule has 54 valence electrons. The molecular weight excluding hydrogens is 112 g/mol. The Kier molecular flexibility index (Phi) is 2.12. The highest BCUT2D eigenvalue weighted by atomic mass is 16.3. The fourth-order valence-corrected chi connectivity index (χ4v) is 1.55. The van der Waals surface area contributed by atoms with E-state index in [1.807, 2.05) is 0 Å². The summed E-state index contributed by atoms with van der Waals surface area (Å²) in [6, 6.07) is 0. The SMILES string of the molecule is CC1CCC[C@@H](O)[C@H]1C. The lowest BCUT2D eigenvalue weighted by atomic mass is 9.80. The van der Waals surface area contributed by atoms with Gasteiger partial charge in [-0.3, -0.25) is 0 Å². The first kappa shape index (κ1) is 7.07. The van der Waals surface area contributed by atoms with Crippen molar-refractivity contribution in [1.29, 1.82) is 0 Å². The Balaban J connectivity index is 2.41. The number of aliphatic hydroxyl groups excluding tert-OH is 1. The Morgan fingerprint density at radius 1 is 1.22 bits per heavy atom. The summed E-state index contributed by atoms with van der Waals surface area (Å²) in [5, 5.41) is 9.35. The Hall–Kier alpha value is -0.0400. The summed E-state index contributed by atoms with van der Waals surface area (Å²) < 4.78 is 0. The summed E-state index contributed by atoms with van der Waals surface area (Å²) >= 11 is 0. The molecule has 0 amide bonds. The molecule has 0 saturated heterocycles. The lowest BCUT2D eigenvalue weighted by Gasteiger charge is -2.30. The molecule has 0 radical (unpaired) electrons. The molecule has 0 spiro atoms. The van der Waals surface area contributed by atoms with Gasteiger partial charge in [0.05, 0.1) is 6.10 Å². The van der Waals surface area contributed by atoms with E-state index in [1.54, 1.807) is 0 Å². The van der Waals surface area contributed by atoms with Crippen molar-refractivity contribution in [2.75, 3.05) is 0 Å². The highest BCUT2D eigenvalue weighted by molar-refractivity contribution is 4.75. The topological polar surface area (TPSA) is 20.2 Å². The third-order valence-electron chi connectivity index (χ3n) is 2.66. The largest absolute Gasteiger partial charge is 0.393 e. The standard InChI is InChI=1S/C8H16O/c1-6-4-3-5-8(9)7(6)2/h6-9H,3-5H2,1-2H3/t6?,7-,8+/m0/s1. The van der Waals surface area contributed by atoms with Gasteiger partial charge in [0.2, 0.25) is 0 Å². The van der Waals surface area contributed by atoms with Crippen LogP contribution in [-0.2, 0) is 0 Å². The molecule has 0 aromatic heterocycles. The van der Waals surface area contributed by atoms with Crippen molar-refractivity contribution in [1.82, 2.24) is 0 Å². The molecule has 1 saturated carbocycles.